The van der Waals surface area contributed by atoms with Gasteiger partial charge in [0.2, 0.25) is 10.0 Å². The lowest BCUT2D eigenvalue weighted by Crippen LogP contribution is -2.29. The number of nitrogens with zero attached hydrogens (tertiary/aromatic N) is 1. The van der Waals surface area contributed by atoms with Gasteiger partial charge in [-0.1, -0.05) is 12.1 Å². The van der Waals surface area contributed by atoms with E-state index >= 15 is 0 Å². The zero-order chi connectivity index (χ0) is 21.1. The summed E-state index contributed by atoms with van der Waals surface area (Å²) in [6.45, 7) is 3.83. The van der Waals surface area contributed by atoms with E-state index in [0.717, 1.165) is 18.1 Å². The summed E-state index contributed by atoms with van der Waals surface area (Å²) in [5.74, 6) is -0.311. The van der Waals surface area contributed by atoms with Crippen molar-refractivity contribution in [1.29, 1.82) is 0 Å². The van der Waals surface area contributed by atoms with Crippen molar-refractivity contribution in [2.75, 3.05) is 23.4 Å². The third-order valence-corrected chi connectivity index (χ3v) is 6.66. The van der Waals surface area contributed by atoms with Crippen molar-refractivity contribution in [3.05, 3.63) is 59.7 Å². The van der Waals surface area contributed by atoms with E-state index in [1.54, 1.807) is 50.2 Å². The minimum atomic E-state index is -3.38. The maximum Gasteiger partial charge on any atom is 0.251 e. The van der Waals surface area contributed by atoms with Crippen LogP contribution in [-0.2, 0) is 19.9 Å². The lowest BCUT2D eigenvalue weighted by atomic mass is 10.1. The van der Waals surface area contributed by atoms with E-state index in [0.29, 0.717) is 17.8 Å². The monoisotopic (exact) mass is 424 g/mol. The lowest BCUT2D eigenvalue weighted by molar-refractivity contribution is 0.0940. The maximum absolute atomic E-state index is 12.5. The van der Waals surface area contributed by atoms with Crippen LogP contribution in [0, 0.1) is 0 Å². The van der Waals surface area contributed by atoms with Crippen LogP contribution in [0.1, 0.15) is 35.8 Å². The average Bonchev–Trinajstić information content (AvgIpc) is 2.61. The van der Waals surface area contributed by atoms with Crippen molar-refractivity contribution in [2.45, 2.75) is 24.8 Å². The van der Waals surface area contributed by atoms with Crippen molar-refractivity contribution < 1.29 is 21.6 Å². The Labute approximate surface area is 166 Å². The molecular weight excluding hydrogens is 400 g/mol. The van der Waals surface area contributed by atoms with Crippen molar-refractivity contribution in [3.8, 4) is 0 Å². The molecule has 0 aliphatic carbocycles. The molecule has 2 aromatic carbocycles. The first-order chi connectivity index (χ1) is 12.9. The Morgan fingerprint density at radius 3 is 1.93 bits per heavy atom. The summed E-state index contributed by atoms with van der Waals surface area (Å²) in [7, 11) is -6.65. The molecule has 7 nitrogen and oxygen atoms in total. The van der Waals surface area contributed by atoms with Crippen LogP contribution in [0.3, 0.4) is 0 Å². The molecule has 0 saturated carbocycles. The van der Waals surface area contributed by atoms with E-state index in [-0.39, 0.29) is 16.8 Å². The van der Waals surface area contributed by atoms with Gasteiger partial charge in [-0.2, -0.15) is 0 Å². The van der Waals surface area contributed by atoms with Crippen molar-refractivity contribution in [2.24, 2.45) is 0 Å². The van der Waals surface area contributed by atoms with E-state index in [1.807, 2.05) is 0 Å². The first-order valence-corrected chi connectivity index (χ1v) is 12.4. The fraction of sp³-hybridized carbons (Fsp3) is 0.316. The summed E-state index contributed by atoms with van der Waals surface area (Å²) in [6.07, 6.45) is 2.27. The second-order valence-corrected chi connectivity index (χ2v) is 10.4. The molecule has 0 bridgehead atoms. The first-order valence-electron chi connectivity index (χ1n) is 8.62. The van der Waals surface area contributed by atoms with Gasteiger partial charge >= 0.3 is 0 Å². The van der Waals surface area contributed by atoms with E-state index in [1.165, 1.54) is 16.4 Å². The largest absolute Gasteiger partial charge is 0.346 e. The maximum atomic E-state index is 12.5. The molecule has 0 heterocycles. The SMILES string of the molecule is CCN(c1ccc(C(=O)NC(C)c2ccc(S(C)(=O)=O)cc2)cc1)S(C)(=O)=O. The summed E-state index contributed by atoms with van der Waals surface area (Å²) in [4.78, 5) is 12.7. The van der Waals surface area contributed by atoms with Gasteiger partial charge in [0.15, 0.2) is 9.84 Å². The normalized spacial score (nSPS) is 13.0. The summed E-state index contributed by atoms with van der Waals surface area (Å²) in [6, 6.07) is 12.3. The average molecular weight is 425 g/mol. The van der Waals surface area contributed by atoms with Crippen LogP contribution in [0.2, 0.25) is 0 Å². The predicted octanol–water partition coefficient (Wildman–Crippen LogP) is 2.37. The number of amides is 1. The van der Waals surface area contributed by atoms with Gasteiger partial charge in [-0.25, -0.2) is 16.8 Å². The second kappa shape index (κ2) is 8.32. The van der Waals surface area contributed by atoms with Gasteiger partial charge in [-0.3, -0.25) is 9.10 Å². The molecule has 0 aliphatic heterocycles. The summed E-state index contributed by atoms with van der Waals surface area (Å²) in [5.41, 5.74) is 1.66. The number of anilines is 1. The van der Waals surface area contributed by atoms with Gasteiger partial charge in [-0.15, -0.1) is 0 Å². The quantitative estimate of drug-likeness (QED) is 0.735. The lowest BCUT2D eigenvalue weighted by Gasteiger charge is -2.20. The van der Waals surface area contributed by atoms with Crippen LogP contribution in [0.25, 0.3) is 0 Å². The highest BCUT2D eigenvalue weighted by Gasteiger charge is 2.17. The molecule has 28 heavy (non-hydrogen) atoms. The van der Waals surface area contributed by atoms with E-state index in [2.05, 4.69) is 5.32 Å². The Kier molecular flexibility index (Phi) is 6.51. The third kappa shape index (κ3) is 5.32. The fourth-order valence-electron chi connectivity index (χ4n) is 2.75. The van der Waals surface area contributed by atoms with Gasteiger partial charge in [0.05, 0.1) is 22.9 Å². The van der Waals surface area contributed by atoms with E-state index in [9.17, 15) is 21.6 Å². The zero-order valence-corrected chi connectivity index (χ0v) is 17.8. The molecule has 152 valence electrons. The zero-order valence-electron chi connectivity index (χ0n) is 16.2. The second-order valence-electron chi connectivity index (χ2n) is 6.51. The molecule has 0 fully saturated rings. The van der Waals surface area contributed by atoms with Gasteiger partial charge in [-0.05, 0) is 55.8 Å². The summed E-state index contributed by atoms with van der Waals surface area (Å²) >= 11 is 0. The van der Waals surface area contributed by atoms with Crippen LogP contribution in [0.4, 0.5) is 5.69 Å². The molecule has 9 heteroatoms. The van der Waals surface area contributed by atoms with E-state index < -0.39 is 19.9 Å². The molecule has 2 aromatic rings. The molecular formula is C19H24N2O5S2. The minimum absolute atomic E-state index is 0.219. The van der Waals surface area contributed by atoms with Crippen LogP contribution in [0.5, 0.6) is 0 Å². The summed E-state index contributed by atoms with van der Waals surface area (Å²) in [5, 5.41) is 2.84. The number of sulfone groups is 1. The number of carbonyl (C=O) groups is 1. The van der Waals surface area contributed by atoms with Crippen LogP contribution >= 0.6 is 0 Å². The molecule has 0 spiro atoms. The molecule has 1 amide bonds. The fourth-order valence-corrected chi connectivity index (χ4v) is 4.36. The Hall–Kier alpha value is -2.39. The molecule has 0 aromatic heterocycles. The molecule has 2 rings (SSSR count). The topological polar surface area (TPSA) is 101 Å². The highest BCUT2D eigenvalue weighted by Crippen LogP contribution is 2.20. The molecule has 1 atom stereocenters. The van der Waals surface area contributed by atoms with Crippen molar-refractivity contribution >= 4 is 31.5 Å². The first kappa shape index (κ1) is 21.9. The molecule has 1 N–H and O–H groups in total. The Bertz CT molecular complexity index is 1040. The van der Waals surface area contributed by atoms with Gasteiger partial charge in [0.1, 0.15) is 0 Å². The highest BCUT2D eigenvalue weighted by molar-refractivity contribution is 7.92. The molecule has 0 radical (unpaired) electrons. The van der Waals surface area contributed by atoms with Crippen LogP contribution in [0.15, 0.2) is 53.4 Å². The van der Waals surface area contributed by atoms with Crippen LogP contribution in [-0.4, -0.2) is 41.8 Å². The van der Waals surface area contributed by atoms with Gasteiger partial charge < -0.3 is 5.32 Å². The number of benzene rings is 2. The van der Waals surface area contributed by atoms with Gasteiger partial charge in [0, 0.05) is 18.4 Å². The Balaban J connectivity index is 2.12. The molecule has 0 saturated heterocycles. The number of rotatable bonds is 7. The Morgan fingerprint density at radius 2 is 1.50 bits per heavy atom. The van der Waals surface area contributed by atoms with E-state index in [4.69, 9.17) is 0 Å². The number of hydrogen-bond donors (Lipinski definition) is 1. The predicted molar refractivity (Wildman–Crippen MR) is 110 cm³/mol. The third-order valence-electron chi connectivity index (χ3n) is 4.26. The standard InChI is InChI=1S/C19H24N2O5S2/c1-5-21(28(4,25)26)17-10-6-16(7-11-17)19(22)20-14(2)15-8-12-18(13-9-15)27(3,23)24/h6-14H,5H2,1-4H3,(H,20,22). The molecule has 1 unspecified atom stereocenters. The Morgan fingerprint density at radius 1 is 0.964 bits per heavy atom. The number of nitrogens with one attached hydrogen (secondary N) is 1. The van der Waals surface area contributed by atoms with Crippen molar-refractivity contribution in [3.63, 3.8) is 0 Å². The number of carbonyl (C=O) groups excluding carboxylic acids is 1. The van der Waals surface area contributed by atoms with Crippen molar-refractivity contribution in [1.82, 2.24) is 5.32 Å². The number of hydrogen-bond acceptors (Lipinski definition) is 5. The van der Waals surface area contributed by atoms with Gasteiger partial charge in [0.25, 0.3) is 5.91 Å². The molecule has 0 aliphatic rings. The summed E-state index contributed by atoms with van der Waals surface area (Å²) < 4.78 is 47.9. The number of sulfonamides is 1. The highest BCUT2D eigenvalue weighted by atomic mass is 32.2. The minimum Gasteiger partial charge on any atom is -0.346 e. The van der Waals surface area contributed by atoms with Crippen LogP contribution < -0.4 is 9.62 Å². The smallest absolute Gasteiger partial charge is 0.251 e.